The molecule has 1 atom stereocenters. The minimum Gasteiger partial charge on any atom is -0.271 e. The highest BCUT2D eigenvalue weighted by Gasteiger charge is 2.13. The average Bonchev–Trinajstić information content (AvgIpc) is 2.33. The summed E-state index contributed by atoms with van der Waals surface area (Å²) in [6.45, 7) is 1.65. The second-order valence-corrected chi connectivity index (χ2v) is 8.13. The van der Waals surface area contributed by atoms with Crippen molar-refractivity contribution in [1.29, 1.82) is 0 Å². The van der Waals surface area contributed by atoms with Gasteiger partial charge in [-0.15, -0.1) is 0 Å². The average molecular weight is 370 g/mol. The zero-order valence-electron chi connectivity index (χ0n) is 10.7. The molecular formula is C12H18BrClN2O2S. The van der Waals surface area contributed by atoms with Crippen LogP contribution in [0.1, 0.15) is 31.4 Å². The second-order valence-electron chi connectivity index (χ2n) is 4.30. The number of nitrogens with one attached hydrogen (secondary N) is 1. The van der Waals surface area contributed by atoms with Crippen LogP contribution in [-0.4, -0.2) is 19.9 Å². The molecule has 108 valence electrons. The van der Waals surface area contributed by atoms with Gasteiger partial charge in [0, 0.05) is 21.3 Å². The highest BCUT2D eigenvalue weighted by atomic mass is 79.9. The maximum absolute atomic E-state index is 11.4. The van der Waals surface area contributed by atoms with Crippen LogP contribution < -0.4 is 11.3 Å². The van der Waals surface area contributed by atoms with Gasteiger partial charge in [0.05, 0.1) is 5.75 Å². The molecule has 0 aliphatic heterocycles. The summed E-state index contributed by atoms with van der Waals surface area (Å²) in [6, 6.07) is 5.43. The summed E-state index contributed by atoms with van der Waals surface area (Å²) in [5, 5.41) is 0.616. The van der Waals surface area contributed by atoms with Crippen molar-refractivity contribution in [2.24, 2.45) is 5.84 Å². The lowest BCUT2D eigenvalue weighted by Crippen LogP contribution is -2.28. The zero-order valence-corrected chi connectivity index (χ0v) is 13.9. The Balaban J connectivity index is 2.68. The number of benzene rings is 1. The molecule has 0 saturated carbocycles. The first-order valence-corrected chi connectivity index (χ1v) is 8.99. The van der Waals surface area contributed by atoms with Gasteiger partial charge in [0.1, 0.15) is 9.84 Å². The fourth-order valence-corrected chi connectivity index (χ4v) is 3.56. The maximum atomic E-state index is 11.4. The van der Waals surface area contributed by atoms with E-state index in [1.165, 1.54) is 0 Å². The van der Waals surface area contributed by atoms with E-state index < -0.39 is 9.84 Å². The molecule has 0 amide bonds. The van der Waals surface area contributed by atoms with Crippen LogP contribution in [0, 0.1) is 0 Å². The molecule has 0 aromatic heterocycles. The number of halogens is 2. The molecule has 1 unspecified atom stereocenters. The molecule has 19 heavy (non-hydrogen) atoms. The first-order valence-electron chi connectivity index (χ1n) is 6.00. The predicted octanol–water partition coefficient (Wildman–Crippen LogP) is 2.82. The van der Waals surface area contributed by atoms with Gasteiger partial charge in [-0.1, -0.05) is 34.5 Å². The number of hydrazine groups is 1. The molecule has 3 N–H and O–H groups in total. The predicted molar refractivity (Wildman–Crippen MR) is 82.8 cm³/mol. The summed E-state index contributed by atoms with van der Waals surface area (Å²) in [5.41, 5.74) is 3.64. The Labute approximate surface area is 127 Å². The monoisotopic (exact) mass is 368 g/mol. The van der Waals surface area contributed by atoms with Crippen molar-refractivity contribution in [2.75, 3.05) is 11.5 Å². The maximum Gasteiger partial charge on any atom is 0.150 e. The van der Waals surface area contributed by atoms with E-state index in [0.29, 0.717) is 17.9 Å². The molecule has 0 aliphatic rings. The molecule has 0 bridgehead atoms. The number of hydrogen-bond acceptors (Lipinski definition) is 4. The van der Waals surface area contributed by atoms with Crippen molar-refractivity contribution in [3.63, 3.8) is 0 Å². The van der Waals surface area contributed by atoms with Crippen LogP contribution in [0.15, 0.2) is 22.7 Å². The van der Waals surface area contributed by atoms with Crippen molar-refractivity contribution in [3.8, 4) is 0 Å². The van der Waals surface area contributed by atoms with E-state index in [0.717, 1.165) is 10.0 Å². The fraction of sp³-hybridized carbons (Fsp3) is 0.500. The molecule has 0 radical (unpaired) electrons. The Morgan fingerprint density at radius 1 is 1.42 bits per heavy atom. The molecular weight excluding hydrogens is 352 g/mol. The van der Waals surface area contributed by atoms with Crippen molar-refractivity contribution < 1.29 is 8.42 Å². The Morgan fingerprint density at radius 3 is 2.63 bits per heavy atom. The summed E-state index contributed by atoms with van der Waals surface area (Å²) in [4.78, 5) is 0. The van der Waals surface area contributed by atoms with Crippen LogP contribution in [0.2, 0.25) is 5.02 Å². The molecule has 0 fully saturated rings. The molecule has 1 aromatic rings. The lowest BCUT2D eigenvalue weighted by atomic mass is 10.0. The van der Waals surface area contributed by atoms with Crippen LogP contribution >= 0.6 is 27.5 Å². The van der Waals surface area contributed by atoms with Crippen molar-refractivity contribution in [3.05, 3.63) is 33.3 Å². The smallest absolute Gasteiger partial charge is 0.150 e. The van der Waals surface area contributed by atoms with Crippen LogP contribution in [-0.2, 0) is 9.84 Å². The Kier molecular flexibility index (Phi) is 6.76. The van der Waals surface area contributed by atoms with Gasteiger partial charge in [-0.3, -0.25) is 11.3 Å². The molecule has 0 heterocycles. The Morgan fingerprint density at radius 2 is 2.11 bits per heavy atom. The van der Waals surface area contributed by atoms with Crippen molar-refractivity contribution in [1.82, 2.24) is 5.43 Å². The second kappa shape index (κ2) is 7.59. The van der Waals surface area contributed by atoms with Crippen LogP contribution in [0.3, 0.4) is 0 Å². The van der Waals surface area contributed by atoms with Crippen LogP contribution in [0.25, 0.3) is 0 Å². The van der Waals surface area contributed by atoms with E-state index in [4.69, 9.17) is 17.4 Å². The molecule has 0 spiro atoms. The standard InChI is InChI=1S/C12H18BrClN2O2S/c1-2-19(17,18)5-3-4-12(16-15)9-6-10(13)8-11(14)7-9/h6-8,12,16H,2-5,15H2,1H3. The number of rotatable bonds is 7. The highest BCUT2D eigenvalue weighted by Crippen LogP contribution is 2.26. The highest BCUT2D eigenvalue weighted by molar-refractivity contribution is 9.10. The minimum absolute atomic E-state index is 0.109. The van der Waals surface area contributed by atoms with Gasteiger partial charge in [-0.05, 0) is 36.6 Å². The van der Waals surface area contributed by atoms with Gasteiger partial charge >= 0.3 is 0 Å². The van der Waals surface area contributed by atoms with Crippen molar-refractivity contribution in [2.45, 2.75) is 25.8 Å². The van der Waals surface area contributed by atoms with E-state index in [1.54, 1.807) is 13.0 Å². The molecule has 0 aliphatic carbocycles. The SMILES string of the molecule is CCS(=O)(=O)CCCC(NN)c1cc(Cl)cc(Br)c1. The van der Waals surface area contributed by atoms with Gasteiger partial charge in [-0.25, -0.2) is 8.42 Å². The largest absolute Gasteiger partial charge is 0.271 e. The fourth-order valence-electron chi connectivity index (χ4n) is 1.77. The number of sulfone groups is 1. The lowest BCUT2D eigenvalue weighted by molar-refractivity contribution is 0.507. The first-order chi connectivity index (χ1) is 8.88. The zero-order chi connectivity index (χ0) is 14.5. The third kappa shape index (κ3) is 5.79. The Hall–Kier alpha value is -0.140. The number of hydrogen-bond donors (Lipinski definition) is 2. The van der Waals surface area contributed by atoms with E-state index in [2.05, 4.69) is 21.4 Å². The van der Waals surface area contributed by atoms with Crippen LogP contribution in [0.5, 0.6) is 0 Å². The number of nitrogens with two attached hydrogens (primary N) is 1. The van der Waals surface area contributed by atoms with Gasteiger partial charge in [0.25, 0.3) is 0 Å². The summed E-state index contributed by atoms with van der Waals surface area (Å²) in [5.74, 6) is 5.89. The van der Waals surface area contributed by atoms with Crippen molar-refractivity contribution >= 4 is 37.4 Å². The van der Waals surface area contributed by atoms with Gasteiger partial charge in [-0.2, -0.15) is 0 Å². The quantitative estimate of drug-likeness (QED) is 0.572. The molecule has 1 aromatic carbocycles. The first kappa shape index (κ1) is 16.9. The van der Waals surface area contributed by atoms with Gasteiger partial charge < -0.3 is 0 Å². The van der Waals surface area contributed by atoms with E-state index in [9.17, 15) is 8.42 Å². The molecule has 1 rings (SSSR count). The van der Waals surface area contributed by atoms with E-state index in [1.807, 2.05) is 12.1 Å². The molecule has 7 heteroatoms. The summed E-state index contributed by atoms with van der Waals surface area (Å²) < 4.78 is 23.7. The topological polar surface area (TPSA) is 72.2 Å². The van der Waals surface area contributed by atoms with E-state index >= 15 is 0 Å². The third-order valence-corrected chi connectivity index (χ3v) is 5.34. The molecule has 0 saturated heterocycles. The Bertz CT molecular complexity index is 502. The summed E-state index contributed by atoms with van der Waals surface area (Å²) in [7, 11) is -2.93. The normalized spacial score (nSPS) is 13.5. The lowest BCUT2D eigenvalue weighted by Gasteiger charge is -2.17. The van der Waals surface area contributed by atoms with Gasteiger partial charge in [0.2, 0.25) is 0 Å². The minimum atomic E-state index is -2.93. The summed E-state index contributed by atoms with van der Waals surface area (Å²) >= 11 is 9.36. The van der Waals surface area contributed by atoms with Gasteiger partial charge in [0.15, 0.2) is 0 Å². The molecule has 4 nitrogen and oxygen atoms in total. The summed E-state index contributed by atoms with van der Waals surface area (Å²) in [6.07, 6.45) is 1.21. The van der Waals surface area contributed by atoms with E-state index in [-0.39, 0.29) is 17.5 Å². The van der Waals surface area contributed by atoms with Crippen LogP contribution in [0.4, 0.5) is 0 Å². The third-order valence-electron chi connectivity index (χ3n) is 2.88.